The molecule has 152 valence electrons. The Bertz CT molecular complexity index is 1080. The summed E-state index contributed by atoms with van der Waals surface area (Å²) in [5.74, 6) is -0.0179. The zero-order valence-corrected chi connectivity index (χ0v) is 16.8. The molecule has 2 aromatic carbocycles. The molecule has 7 nitrogen and oxygen atoms in total. The molecule has 0 radical (unpaired) electrons. The molecule has 8 heteroatoms. The van der Waals surface area contributed by atoms with Crippen molar-refractivity contribution >= 4 is 46.5 Å². The molecule has 1 aliphatic heterocycles. The maximum Gasteiger partial charge on any atom is 0.291 e. The van der Waals surface area contributed by atoms with Gasteiger partial charge in [0.15, 0.2) is 5.76 Å². The van der Waals surface area contributed by atoms with E-state index in [0.717, 1.165) is 10.6 Å². The fraction of sp³-hybridized carbons (Fsp3) is 0.136. The highest BCUT2D eigenvalue weighted by Crippen LogP contribution is 2.34. The largest absolute Gasteiger partial charge is 0.459 e. The Labute approximate surface area is 177 Å². The number of carbonyl (C=O) groups is 3. The van der Waals surface area contributed by atoms with E-state index in [4.69, 9.17) is 4.42 Å². The molecule has 4 rings (SSSR count). The molecule has 1 aliphatic rings. The van der Waals surface area contributed by atoms with Crippen molar-refractivity contribution in [3.8, 4) is 0 Å². The maximum atomic E-state index is 12.4. The average Bonchev–Trinajstić information content (AvgIpc) is 3.28. The van der Waals surface area contributed by atoms with Gasteiger partial charge in [-0.15, -0.1) is 11.8 Å². The molecular formula is C22H19N3O4S. The molecule has 2 N–H and O–H groups in total. The standard InChI is InChI=1S/C22H19N3O4S/c26-20(10-11-25-17-7-1-2-9-19(17)30-14-21(25)27)23-15-5-3-6-16(13-15)24-22(28)18-8-4-12-29-18/h1-9,12-13H,10-11,14H2,(H,23,26)(H,24,28). The number of thioether (sulfide) groups is 1. The first-order chi connectivity index (χ1) is 14.6. The van der Waals surface area contributed by atoms with Crippen molar-refractivity contribution in [1.82, 2.24) is 0 Å². The van der Waals surface area contributed by atoms with Gasteiger partial charge in [-0.2, -0.15) is 0 Å². The number of para-hydroxylation sites is 1. The van der Waals surface area contributed by atoms with Gasteiger partial charge in [-0.05, 0) is 42.5 Å². The molecule has 3 aromatic rings. The van der Waals surface area contributed by atoms with Crippen LogP contribution in [0.4, 0.5) is 17.1 Å². The highest BCUT2D eigenvalue weighted by Gasteiger charge is 2.24. The minimum atomic E-state index is -0.372. The Morgan fingerprint density at radius 3 is 2.60 bits per heavy atom. The van der Waals surface area contributed by atoms with Gasteiger partial charge in [-0.3, -0.25) is 14.4 Å². The van der Waals surface area contributed by atoms with Crippen molar-refractivity contribution in [3.63, 3.8) is 0 Å². The lowest BCUT2D eigenvalue weighted by Crippen LogP contribution is -2.37. The van der Waals surface area contributed by atoms with Gasteiger partial charge < -0.3 is 20.0 Å². The quantitative estimate of drug-likeness (QED) is 0.628. The monoisotopic (exact) mass is 421 g/mol. The van der Waals surface area contributed by atoms with Crippen molar-refractivity contribution in [2.24, 2.45) is 0 Å². The molecule has 30 heavy (non-hydrogen) atoms. The number of hydrogen-bond acceptors (Lipinski definition) is 5. The topological polar surface area (TPSA) is 91.7 Å². The van der Waals surface area contributed by atoms with E-state index in [0.29, 0.717) is 23.7 Å². The molecular weight excluding hydrogens is 402 g/mol. The van der Waals surface area contributed by atoms with Crippen molar-refractivity contribution in [2.45, 2.75) is 11.3 Å². The molecule has 1 aromatic heterocycles. The fourth-order valence-electron chi connectivity index (χ4n) is 3.11. The summed E-state index contributed by atoms with van der Waals surface area (Å²) in [6.45, 7) is 0.303. The van der Waals surface area contributed by atoms with E-state index in [1.54, 1.807) is 41.3 Å². The summed E-state index contributed by atoms with van der Waals surface area (Å²) in [4.78, 5) is 39.5. The van der Waals surface area contributed by atoms with E-state index < -0.39 is 0 Å². The zero-order chi connectivity index (χ0) is 20.9. The fourth-order valence-corrected chi connectivity index (χ4v) is 4.05. The second-order valence-corrected chi connectivity index (χ2v) is 7.63. The predicted octanol–water partition coefficient (Wildman–Crippen LogP) is 4.00. The van der Waals surface area contributed by atoms with Gasteiger partial charge in [0.1, 0.15) is 0 Å². The van der Waals surface area contributed by atoms with Gasteiger partial charge in [0.25, 0.3) is 5.91 Å². The predicted molar refractivity (Wildman–Crippen MR) is 116 cm³/mol. The van der Waals surface area contributed by atoms with E-state index in [-0.39, 0.29) is 29.9 Å². The van der Waals surface area contributed by atoms with Crippen LogP contribution in [-0.4, -0.2) is 30.0 Å². The second-order valence-electron chi connectivity index (χ2n) is 6.61. The van der Waals surface area contributed by atoms with Gasteiger partial charge in [-0.25, -0.2) is 0 Å². The molecule has 0 spiro atoms. The zero-order valence-electron chi connectivity index (χ0n) is 16.0. The Morgan fingerprint density at radius 1 is 1.00 bits per heavy atom. The summed E-state index contributed by atoms with van der Waals surface area (Å²) >= 11 is 1.51. The summed E-state index contributed by atoms with van der Waals surface area (Å²) in [5.41, 5.74) is 1.93. The van der Waals surface area contributed by atoms with Gasteiger partial charge in [0, 0.05) is 29.2 Å². The van der Waals surface area contributed by atoms with Crippen molar-refractivity contribution in [3.05, 3.63) is 72.7 Å². The van der Waals surface area contributed by atoms with E-state index in [9.17, 15) is 14.4 Å². The third kappa shape index (κ3) is 4.55. The first kappa shape index (κ1) is 19.8. The normalized spacial score (nSPS) is 12.9. The van der Waals surface area contributed by atoms with E-state index in [1.165, 1.54) is 18.0 Å². The minimum Gasteiger partial charge on any atom is -0.459 e. The van der Waals surface area contributed by atoms with Crippen LogP contribution < -0.4 is 15.5 Å². The molecule has 0 saturated heterocycles. The maximum absolute atomic E-state index is 12.4. The summed E-state index contributed by atoms with van der Waals surface area (Å²) < 4.78 is 5.07. The van der Waals surface area contributed by atoms with Crippen LogP contribution in [0.3, 0.4) is 0 Å². The first-order valence-corrected chi connectivity index (χ1v) is 10.4. The molecule has 0 atom stereocenters. The SMILES string of the molecule is O=C(CCN1C(=O)CSc2ccccc21)Nc1cccc(NC(=O)c2ccco2)c1. The lowest BCUT2D eigenvalue weighted by Gasteiger charge is -2.28. The van der Waals surface area contributed by atoms with E-state index in [2.05, 4.69) is 10.6 Å². The number of rotatable bonds is 6. The van der Waals surface area contributed by atoms with Crippen molar-refractivity contribution < 1.29 is 18.8 Å². The number of hydrogen-bond donors (Lipinski definition) is 2. The van der Waals surface area contributed by atoms with Crippen molar-refractivity contribution in [2.75, 3.05) is 27.8 Å². The highest BCUT2D eigenvalue weighted by molar-refractivity contribution is 8.00. The summed E-state index contributed by atoms with van der Waals surface area (Å²) in [6, 6.07) is 17.7. The summed E-state index contributed by atoms with van der Waals surface area (Å²) in [6.07, 6.45) is 1.59. The molecule has 3 amide bonds. The van der Waals surface area contributed by atoms with Gasteiger partial charge in [-0.1, -0.05) is 18.2 Å². The van der Waals surface area contributed by atoms with E-state index >= 15 is 0 Å². The number of benzene rings is 2. The molecule has 0 aliphatic carbocycles. The van der Waals surface area contributed by atoms with Crippen LogP contribution in [0.5, 0.6) is 0 Å². The lowest BCUT2D eigenvalue weighted by molar-refractivity contribution is -0.117. The smallest absolute Gasteiger partial charge is 0.291 e. The number of nitrogens with one attached hydrogen (secondary N) is 2. The van der Waals surface area contributed by atoms with Crippen LogP contribution in [0.25, 0.3) is 0 Å². The van der Waals surface area contributed by atoms with Crippen LogP contribution in [0.15, 0.2) is 76.2 Å². The number of furan rings is 1. The van der Waals surface area contributed by atoms with E-state index in [1.807, 2.05) is 24.3 Å². The Morgan fingerprint density at radius 2 is 1.80 bits per heavy atom. The molecule has 0 unspecified atom stereocenters. The summed E-state index contributed by atoms with van der Waals surface area (Å²) in [5, 5.41) is 5.53. The Kier molecular flexibility index (Phi) is 5.85. The lowest BCUT2D eigenvalue weighted by atomic mass is 10.2. The number of carbonyl (C=O) groups excluding carboxylic acids is 3. The third-order valence-electron chi connectivity index (χ3n) is 4.52. The first-order valence-electron chi connectivity index (χ1n) is 9.37. The highest BCUT2D eigenvalue weighted by atomic mass is 32.2. The molecule has 2 heterocycles. The van der Waals surface area contributed by atoms with Crippen LogP contribution in [0.2, 0.25) is 0 Å². The van der Waals surface area contributed by atoms with Crippen LogP contribution in [-0.2, 0) is 9.59 Å². The number of amides is 3. The molecule has 0 saturated carbocycles. The second kappa shape index (κ2) is 8.87. The van der Waals surface area contributed by atoms with Crippen LogP contribution >= 0.6 is 11.8 Å². The average molecular weight is 421 g/mol. The minimum absolute atomic E-state index is 0.00543. The van der Waals surface area contributed by atoms with Gasteiger partial charge in [0.2, 0.25) is 11.8 Å². The number of nitrogens with zero attached hydrogens (tertiary/aromatic N) is 1. The van der Waals surface area contributed by atoms with Crippen LogP contribution in [0, 0.1) is 0 Å². The van der Waals surface area contributed by atoms with Gasteiger partial charge >= 0.3 is 0 Å². The summed E-state index contributed by atoms with van der Waals surface area (Å²) in [7, 11) is 0. The number of fused-ring (bicyclic) bond motifs is 1. The Balaban J connectivity index is 1.36. The van der Waals surface area contributed by atoms with Crippen LogP contribution in [0.1, 0.15) is 17.0 Å². The number of anilines is 3. The van der Waals surface area contributed by atoms with Gasteiger partial charge in [0.05, 0.1) is 17.7 Å². The molecule has 0 bridgehead atoms. The third-order valence-corrected chi connectivity index (χ3v) is 5.57. The Hall–Kier alpha value is -3.52. The van der Waals surface area contributed by atoms with Crippen molar-refractivity contribution in [1.29, 1.82) is 0 Å². The molecule has 0 fully saturated rings.